The number of carbonyl (C=O) groups excluding carboxylic acids is 1. The molecule has 4 aliphatic rings. The fraction of sp³-hybridized carbons (Fsp3) is 0.556. The van der Waals surface area contributed by atoms with Crippen LogP contribution in [0.15, 0.2) is 36.5 Å². The van der Waals surface area contributed by atoms with Crippen molar-refractivity contribution in [2.75, 3.05) is 82.2 Å². The van der Waals surface area contributed by atoms with Gasteiger partial charge in [-0.2, -0.15) is 0 Å². The van der Waals surface area contributed by atoms with E-state index >= 15 is 0 Å². The van der Waals surface area contributed by atoms with Gasteiger partial charge in [0.15, 0.2) is 17.3 Å². The highest BCUT2D eigenvalue weighted by Crippen LogP contribution is 2.41. The first-order valence-electron chi connectivity index (χ1n) is 17.4. The van der Waals surface area contributed by atoms with Crippen molar-refractivity contribution in [1.29, 1.82) is 0 Å². The van der Waals surface area contributed by atoms with Crippen LogP contribution in [-0.4, -0.2) is 109 Å². The predicted molar refractivity (Wildman–Crippen MR) is 188 cm³/mol. The topological polar surface area (TPSA) is 134 Å². The molecule has 6 heterocycles. The molecular weight excluding hydrogens is 606 g/mol. The Balaban J connectivity index is 1.07. The molecule has 0 aliphatic carbocycles. The van der Waals surface area contributed by atoms with Gasteiger partial charge in [-0.1, -0.05) is 0 Å². The summed E-state index contributed by atoms with van der Waals surface area (Å²) in [4.78, 5) is 34.7. The molecule has 7 rings (SSSR count). The van der Waals surface area contributed by atoms with Gasteiger partial charge in [0.05, 0.1) is 7.11 Å². The third-order valence-corrected chi connectivity index (χ3v) is 10.8. The highest BCUT2D eigenvalue weighted by Gasteiger charge is 2.44. The maximum Gasteiger partial charge on any atom is 0.271 e. The average molecular weight is 656 g/mol. The number of nitrogens with two attached hydrogens (primary N) is 1. The van der Waals surface area contributed by atoms with Crippen molar-refractivity contribution in [2.45, 2.75) is 57.5 Å². The van der Waals surface area contributed by atoms with Crippen LogP contribution in [0.5, 0.6) is 5.75 Å². The molecule has 4 saturated heterocycles. The largest absolute Gasteiger partial charge is 0.494 e. The molecule has 0 atom stereocenters. The Kier molecular flexibility index (Phi) is 9.39. The van der Waals surface area contributed by atoms with Crippen LogP contribution < -0.4 is 26.0 Å². The number of carbonyl (C=O) groups is 1. The van der Waals surface area contributed by atoms with Gasteiger partial charge in [0.25, 0.3) is 5.91 Å². The number of benzene rings is 1. The van der Waals surface area contributed by atoms with E-state index in [0.717, 1.165) is 37.2 Å². The molecule has 1 amide bonds. The minimum absolute atomic E-state index is 0.0343. The quantitative estimate of drug-likeness (QED) is 0.305. The summed E-state index contributed by atoms with van der Waals surface area (Å²) in [6.45, 7) is 10.6. The number of pyridine rings is 1. The van der Waals surface area contributed by atoms with E-state index in [0.29, 0.717) is 53.4 Å². The van der Waals surface area contributed by atoms with Crippen molar-refractivity contribution in [3.05, 3.63) is 47.8 Å². The fourth-order valence-corrected chi connectivity index (χ4v) is 8.20. The van der Waals surface area contributed by atoms with Crippen LogP contribution >= 0.6 is 0 Å². The molecule has 4 fully saturated rings. The highest BCUT2D eigenvalue weighted by atomic mass is 16.5. The van der Waals surface area contributed by atoms with Crippen molar-refractivity contribution >= 4 is 28.9 Å². The van der Waals surface area contributed by atoms with Gasteiger partial charge in [-0.25, -0.2) is 9.97 Å². The van der Waals surface area contributed by atoms with Gasteiger partial charge in [0, 0.05) is 69.0 Å². The number of likely N-dealkylation sites (tertiary alicyclic amines) is 2. The zero-order valence-corrected chi connectivity index (χ0v) is 28.5. The maximum atomic E-state index is 12.8. The number of methoxy groups -OCH3 is 1. The molecule has 0 unspecified atom stereocenters. The Morgan fingerprint density at radius 1 is 1.00 bits per heavy atom. The normalized spacial score (nSPS) is 20.8. The molecule has 256 valence electrons. The molecule has 4 aliphatic heterocycles. The molecule has 0 radical (unpaired) electrons. The number of hydrogen-bond donors (Lipinski definition) is 3. The lowest BCUT2D eigenvalue weighted by Gasteiger charge is -2.54. The number of anilines is 4. The van der Waals surface area contributed by atoms with E-state index in [4.69, 9.17) is 25.2 Å². The van der Waals surface area contributed by atoms with Crippen molar-refractivity contribution in [2.24, 2.45) is 11.1 Å². The van der Waals surface area contributed by atoms with Crippen molar-refractivity contribution in [3.63, 3.8) is 0 Å². The van der Waals surface area contributed by atoms with Crippen LogP contribution in [0.1, 0.15) is 54.6 Å². The minimum atomic E-state index is -0.682. The summed E-state index contributed by atoms with van der Waals surface area (Å²) in [6, 6.07) is 10.7. The summed E-state index contributed by atoms with van der Waals surface area (Å²) >= 11 is 0. The summed E-state index contributed by atoms with van der Waals surface area (Å²) < 4.78 is 11.1. The Bertz CT molecular complexity index is 1600. The summed E-state index contributed by atoms with van der Waals surface area (Å²) in [5, 5.41) is 6.90. The van der Waals surface area contributed by atoms with Crippen LogP contribution in [0.2, 0.25) is 0 Å². The van der Waals surface area contributed by atoms with Crippen LogP contribution in [0, 0.1) is 12.3 Å². The van der Waals surface area contributed by atoms with Crippen LogP contribution in [0.3, 0.4) is 0 Å². The van der Waals surface area contributed by atoms with Crippen LogP contribution in [-0.2, 0) is 4.74 Å². The average Bonchev–Trinajstić information content (AvgIpc) is 3.09. The van der Waals surface area contributed by atoms with Gasteiger partial charge in [-0.3, -0.25) is 9.78 Å². The summed E-state index contributed by atoms with van der Waals surface area (Å²) in [5.41, 5.74) is 10.6. The zero-order chi connectivity index (χ0) is 33.3. The third kappa shape index (κ3) is 6.79. The second-order valence-corrected chi connectivity index (χ2v) is 14.1. The summed E-state index contributed by atoms with van der Waals surface area (Å²) in [6.07, 6.45) is 8.41. The van der Waals surface area contributed by atoms with E-state index < -0.39 is 5.91 Å². The first-order chi connectivity index (χ1) is 23.3. The number of aromatic nitrogens is 3. The number of primary amides is 1. The molecule has 1 aromatic carbocycles. The van der Waals surface area contributed by atoms with E-state index in [2.05, 4.69) is 56.4 Å². The van der Waals surface area contributed by atoms with Crippen molar-refractivity contribution in [1.82, 2.24) is 24.8 Å². The van der Waals surface area contributed by atoms with Crippen LogP contribution in [0.4, 0.5) is 23.0 Å². The Morgan fingerprint density at radius 2 is 1.75 bits per heavy atom. The number of amides is 1. The van der Waals surface area contributed by atoms with Gasteiger partial charge < -0.3 is 40.5 Å². The standard InChI is InChI=1S/C36H49N9O3/c1-24-21-26(6-7-28(24)45-15-8-27(9-16-45)44-17-12-36(13-18-44)22-43(2)23-36)40-35-32(33(37)46)41-31(30-29(47-3)5-4-14-38-30)34(42-35)39-25-10-19-48-20-11-25/h4-7,14,21,25,27H,8-13,15-20,22-23H2,1-3H3,(H2,37,46)(H2,39,40,42). The number of hydrogen-bond acceptors (Lipinski definition) is 11. The number of piperidine rings is 2. The summed E-state index contributed by atoms with van der Waals surface area (Å²) in [5.74, 6) is 0.644. The lowest BCUT2D eigenvalue weighted by Crippen LogP contribution is -2.60. The lowest BCUT2D eigenvalue weighted by atomic mass is 9.72. The summed E-state index contributed by atoms with van der Waals surface area (Å²) in [7, 11) is 3.82. The van der Waals surface area contributed by atoms with Gasteiger partial charge in [0.1, 0.15) is 17.1 Å². The molecule has 1 spiro atoms. The van der Waals surface area contributed by atoms with E-state index in [-0.39, 0.29) is 11.7 Å². The van der Waals surface area contributed by atoms with E-state index in [9.17, 15) is 4.79 Å². The second kappa shape index (κ2) is 13.9. The molecule has 2 aromatic heterocycles. The molecule has 48 heavy (non-hydrogen) atoms. The zero-order valence-electron chi connectivity index (χ0n) is 28.5. The molecule has 0 saturated carbocycles. The second-order valence-electron chi connectivity index (χ2n) is 14.1. The molecule has 4 N–H and O–H groups in total. The fourth-order valence-electron chi connectivity index (χ4n) is 8.20. The van der Waals surface area contributed by atoms with E-state index in [1.54, 1.807) is 19.4 Å². The van der Waals surface area contributed by atoms with Crippen molar-refractivity contribution in [3.8, 4) is 17.1 Å². The van der Waals surface area contributed by atoms with Gasteiger partial charge in [0.2, 0.25) is 0 Å². The Hall–Kier alpha value is -4.00. The van der Waals surface area contributed by atoms with Gasteiger partial charge >= 0.3 is 0 Å². The maximum absolute atomic E-state index is 12.8. The van der Waals surface area contributed by atoms with Gasteiger partial charge in [-0.15, -0.1) is 0 Å². The molecule has 3 aromatic rings. The van der Waals surface area contributed by atoms with Crippen molar-refractivity contribution < 1.29 is 14.3 Å². The molecular formula is C36H49N9O3. The molecule has 0 bridgehead atoms. The first-order valence-corrected chi connectivity index (χ1v) is 17.4. The smallest absolute Gasteiger partial charge is 0.271 e. The Morgan fingerprint density at radius 3 is 2.42 bits per heavy atom. The number of aryl methyl sites for hydroxylation is 1. The highest BCUT2D eigenvalue weighted by molar-refractivity contribution is 5.97. The molecule has 12 heteroatoms. The predicted octanol–water partition coefficient (Wildman–Crippen LogP) is 4.29. The first kappa shape index (κ1) is 32.5. The number of rotatable bonds is 9. The van der Waals surface area contributed by atoms with Crippen LogP contribution in [0.25, 0.3) is 11.4 Å². The lowest BCUT2D eigenvalue weighted by molar-refractivity contribution is -0.0419. The Labute approximate surface area is 283 Å². The number of nitrogens with zero attached hydrogens (tertiary/aromatic N) is 6. The van der Waals surface area contributed by atoms with Gasteiger partial charge in [-0.05, 0) is 107 Å². The number of ether oxygens (including phenoxy) is 2. The SMILES string of the molecule is COc1cccnc1-c1nc(C(N)=O)c(Nc2ccc(N3CCC(N4CCC5(CC4)CN(C)C5)CC3)c(C)c2)nc1NC1CCOCC1. The molecule has 12 nitrogen and oxygen atoms in total. The number of nitrogens with one attached hydrogen (secondary N) is 2. The monoisotopic (exact) mass is 655 g/mol. The third-order valence-electron chi connectivity index (χ3n) is 10.8. The van der Waals surface area contributed by atoms with E-state index in [1.807, 2.05) is 12.1 Å². The van der Waals surface area contributed by atoms with E-state index in [1.165, 1.54) is 57.5 Å². The minimum Gasteiger partial charge on any atom is -0.494 e.